The summed E-state index contributed by atoms with van der Waals surface area (Å²) in [5, 5.41) is 20.2. The summed E-state index contributed by atoms with van der Waals surface area (Å²) in [7, 11) is 0. The molecule has 0 radical (unpaired) electrons. The maximum Gasteiger partial charge on any atom is 0.0591 e. The fraction of sp³-hybridized carbons (Fsp3) is 1.00. The molecule has 2 N–H and O–H groups in total. The Morgan fingerprint density at radius 2 is 1.57 bits per heavy atom. The van der Waals surface area contributed by atoms with E-state index in [-0.39, 0.29) is 6.10 Å². The van der Waals surface area contributed by atoms with Crippen LogP contribution in [0.2, 0.25) is 0 Å². The SMILES string of the molecule is CC(C)(O)CCCC[C@H]1CCC2[C@@H]3CCC4C[C@@H](O)CC[C@]4(C)C3CC[C@@]21C. The highest BCUT2D eigenvalue weighted by atomic mass is 16.3. The molecule has 3 unspecified atom stereocenters. The smallest absolute Gasteiger partial charge is 0.0591 e. The molecule has 2 heteroatoms. The van der Waals surface area contributed by atoms with Gasteiger partial charge in [0.25, 0.3) is 0 Å². The van der Waals surface area contributed by atoms with Gasteiger partial charge in [0, 0.05) is 0 Å². The molecule has 0 aliphatic heterocycles. The highest BCUT2D eigenvalue weighted by molar-refractivity contribution is 5.09. The minimum Gasteiger partial charge on any atom is -0.393 e. The monoisotopic (exact) mass is 390 g/mol. The molecule has 0 saturated heterocycles. The Morgan fingerprint density at radius 1 is 0.857 bits per heavy atom. The average molecular weight is 391 g/mol. The van der Waals surface area contributed by atoms with E-state index in [1.54, 1.807) is 0 Å². The quantitative estimate of drug-likeness (QED) is 0.538. The Labute approximate surface area is 173 Å². The molecule has 0 amide bonds. The largest absolute Gasteiger partial charge is 0.393 e. The van der Waals surface area contributed by atoms with Crippen LogP contribution in [0.4, 0.5) is 0 Å². The van der Waals surface area contributed by atoms with Crippen molar-refractivity contribution >= 4 is 0 Å². The molecule has 8 atom stereocenters. The molecular weight excluding hydrogens is 344 g/mol. The first kappa shape index (κ1) is 21.2. The van der Waals surface area contributed by atoms with Gasteiger partial charge in [0.2, 0.25) is 0 Å². The van der Waals surface area contributed by atoms with Crippen molar-refractivity contribution in [3.63, 3.8) is 0 Å². The summed E-state index contributed by atoms with van der Waals surface area (Å²) in [6, 6.07) is 0. The van der Waals surface area contributed by atoms with Gasteiger partial charge in [0.1, 0.15) is 0 Å². The molecule has 0 aromatic rings. The molecule has 4 fully saturated rings. The van der Waals surface area contributed by atoms with Crippen LogP contribution >= 0.6 is 0 Å². The summed E-state index contributed by atoms with van der Waals surface area (Å²) in [6.07, 6.45) is 16.8. The maximum atomic E-state index is 10.2. The second-order valence-electron chi connectivity index (χ2n) is 12.5. The Bertz CT molecular complexity index is 551. The zero-order valence-electron chi connectivity index (χ0n) is 19.1. The molecular formula is C26H46O2. The van der Waals surface area contributed by atoms with E-state index in [1.165, 1.54) is 64.2 Å². The Morgan fingerprint density at radius 3 is 2.32 bits per heavy atom. The second kappa shape index (κ2) is 7.56. The predicted octanol–water partition coefficient (Wildman–Crippen LogP) is 6.34. The minimum absolute atomic E-state index is 0.0248. The second-order valence-corrected chi connectivity index (χ2v) is 12.5. The number of fused-ring (bicyclic) bond motifs is 5. The van der Waals surface area contributed by atoms with Crippen molar-refractivity contribution in [2.75, 3.05) is 0 Å². The van der Waals surface area contributed by atoms with E-state index >= 15 is 0 Å². The number of hydrogen-bond donors (Lipinski definition) is 2. The van der Waals surface area contributed by atoms with Crippen molar-refractivity contribution in [2.24, 2.45) is 40.4 Å². The van der Waals surface area contributed by atoms with E-state index in [4.69, 9.17) is 0 Å². The first-order valence-electron chi connectivity index (χ1n) is 12.5. The lowest BCUT2D eigenvalue weighted by Gasteiger charge is -2.61. The zero-order chi connectivity index (χ0) is 20.2. The van der Waals surface area contributed by atoms with Gasteiger partial charge in [-0.3, -0.25) is 0 Å². The molecule has 0 heterocycles. The topological polar surface area (TPSA) is 40.5 Å². The van der Waals surface area contributed by atoms with Crippen LogP contribution in [0.15, 0.2) is 0 Å². The number of rotatable bonds is 5. The lowest BCUT2D eigenvalue weighted by molar-refractivity contribution is -0.127. The molecule has 28 heavy (non-hydrogen) atoms. The summed E-state index contributed by atoms with van der Waals surface area (Å²) in [5.74, 6) is 4.53. The minimum atomic E-state index is -0.498. The maximum absolute atomic E-state index is 10.2. The van der Waals surface area contributed by atoms with Crippen molar-refractivity contribution in [1.29, 1.82) is 0 Å². The molecule has 0 aromatic heterocycles. The highest BCUT2D eigenvalue weighted by Crippen LogP contribution is 2.67. The van der Waals surface area contributed by atoms with Crippen LogP contribution < -0.4 is 0 Å². The van der Waals surface area contributed by atoms with Crippen LogP contribution in [0.1, 0.15) is 111 Å². The Balaban J connectivity index is 1.41. The third-order valence-corrected chi connectivity index (χ3v) is 10.4. The molecule has 4 aliphatic carbocycles. The van der Waals surface area contributed by atoms with E-state index in [9.17, 15) is 10.2 Å². The fourth-order valence-electron chi connectivity index (χ4n) is 8.77. The number of aliphatic hydroxyl groups is 2. The van der Waals surface area contributed by atoms with Crippen LogP contribution in [-0.2, 0) is 0 Å². The standard InChI is InChI=1S/C26H46O2/c1-24(2,28)14-6-5-7-18-9-11-22-21-10-8-19-17-20(27)12-15-26(19,4)23(21)13-16-25(18,22)3/h18-23,27-28H,5-17H2,1-4H3/t18-,19?,20-,21-,22?,23?,25+,26-/m0/s1. The highest BCUT2D eigenvalue weighted by Gasteiger charge is 2.59. The van der Waals surface area contributed by atoms with Gasteiger partial charge in [-0.25, -0.2) is 0 Å². The molecule has 162 valence electrons. The van der Waals surface area contributed by atoms with Crippen LogP contribution in [0.5, 0.6) is 0 Å². The number of aliphatic hydroxyl groups excluding tert-OH is 1. The van der Waals surface area contributed by atoms with Crippen molar-refractivity contribution in [2.45, 2.75) is 123 Å². The van der Waals surface area contributed by atoms with Gasteiger partial charge in [0.15, 0.2) is 0 Å². The Hall–Kier alpha value is -0.0800. The first-order valence-corrected chi connectivity index (χ1v) is 12.5. The van der Waals surface area contributed by atoms with Gasteiger partial charge in [0.05, 0.1) is 11.7 Å². The third-order valence-electron chi connectivity index (χ3n) is 10.4. The average Bonchev–Trinajstić information content (AvgIpc) is 2.95. The van der Waals surface area contributed by atoms with Gasteiger partial charge in [-0.05, 0) is 125 Å². The molecule has 0 aromatic carbocycles. The van der Waals surface area contributed by atoms with Crippen molar-refractivity contribution in [1.82, 2.24) is 0 Å². The lowest BCUT2D eigenvalue weighted by atomic mass is 9.44. The van der Waals surface area contributed by atoms with Crippen LogP contribution in [0.25, 0.3) is 0 Å². The van der Waals surface area contributed by atoms with Gasteiger partial charge in [-0.2, -0.15) is 0 Å². The van der Waals surface area contributed by atoms with Crippen LogP contribution in [0, 0.1) is 40.4 Å². The zero-order valence-corrected chi connectivity index (χ0v) is 19.1. The molecule has 2 nitrogen and oxygen atoms in total. The first-order chi connectivity index (χ1) is 13.1. The van der Waals surface area contributed by atoms with E-state index in [2.05, 4.69) is 13.8 Å². The third kappa shape index (κ3) is 3.70. The number of hydrogen-bond acceptors (Lipinski definition) is 2. The van der Waals surface area contributed by atoms with Gasteiger partial charge in [-0.1, -0.05) is 26.7 Å². The normalized spacial score (nSPS) is 48.6. The molecule has 4 rings (SSSR count). The van der Waals surface area contributed by atoms with E-state index in [1.807, 2.05) is 13.8 Å². The van der Waals surface area contributed by atoms with Gasteiger partial charge >= 0.3 is 0 Å². The fourth-order valence-corrected chi connectivity index (χ4v) is 8.77. The summed E-state index contributed by atoms with van der Waals surface area (Å²) in [6.45, 7) is 9.15. The summed E-state index contributed by atoms with van der Waals surface area (Å²) in [4.78, 5) is 0. The van der Waals surface area contributed by atoms with Gasteiger partial charge < -0.3 is 10.2 Å². The van der Waals surface area contributed by atoms with Crippen LogP contribution in [0.3, 0.4) is 0 Å². The van der Waals surface area contributed by atoms with E-state index in [0.29, 0.717) is 10.8 Å². The van der Waals surface area contributed by atoms with Crippen LogP contribution in [-0.4, -0.2) is 21.9 Å². The summed E-state index contributed by atoms with van der Waals surface area (Å²) in [5.41, 5.74) is 0.587. The molecule has 0 bridgehead atoms. The summed E-state index contributed by atoms with van der Waals surface area (Å²) >= 11 is 0. The molecule has 4 aliphatic rings. The van der Waals surface area contributed by atoms with Gasteiger partial charge in [-0.15, -0.1) is 0 Å². The lowest BCUT2D eigenvalue weighted by Crippen LogP contribution is -2.53. The van der Waals surface area contributed by atoms with Crippen molar-refractivity contribution in [3.05, 3.63) is 0 Å². The molecule has 0 spiro atoms. The predicted molar refractivity (Wildman–Crippen MR) is 116 cm³/mol. The van der Waals surface area contributed by atoms with E-state index in [0.717, 1.165) is 48.9 Å². The number of unbranched alkanes of at least 4 members (excludes halogenated alkanes) is 1. The molecule has 4 saturated carbocycles. The Kier molecular flexibility index (Phi) is 5.71. The summed E-state index contributed by atoms with van der Waals surface area (Å²) < 4.78 is 0. The van der Waals surface area contributed by atoms with Crippen molar-refractivity contribution < 1.29 is 10.2 Å². The van der Waals surface area contributed by atoms with Crippen molar-refractivity contribution in [3.8, 4) is 0 Å². The van der Waals surface area contributed by atoms with E-state index < -0.39 is 5.60 Å².